The number of nitrogens with zero attached hydrogens (tertiary/aromatic N) is 2. The molecule has 1 N–H and O–H groups in total. The SMILES string of the molecule is COc1cc(C(=O)NCc2c(-c3ccc(F)cc3)nc3n2CCS3)cc(OC)c1OC. The van der Waals surface area contributed by atoms with Crippen LogP contribution < -0.4 is 19.5 Å². The Morgan fingerprint density at radius 1 is 1.13 bits per heavy atom. The van der Waals surface area contributed by atoms with Crippen molar-refractivity contribution in [3.05, 3.63) is 53.5 Å². The summed E-state index contributed by atoms with van der Waals surface area (Å²) in [7, 11) is 4.51. The Hall–Kier alpha value is -3.20. The molecule has 162 valence electrons. The second-order valence-electron chi connectivity index (χ2n) is 6.79. The van der Waals surface area contributed by atoms with Crippen molar-refractivity contribution in [2.75, 3.05) is 27.1 Å². The van der Waals surface area contributed by atoms with Crippen molar-refractivity contribution in [1.29, 1.82) is 0 Å². The first-order valence-electron chi connectivity index (χ1n) is 9.62. The molecule has 3 aromatic rings. The number of thioether (sulfide) groups is 1. The van der Waals surface area contributed by atoms with Crippen molar-refractivity contribution < 1.29 is 23.4 Å². The predicted molar refractivity (Wildman–Crippen MR) is 116 cm³/mol. The lowest BCUT2D eigenvalue weighted by Gasteiger charge is -2.14. The van der Waals surface area contributed by atoms with E-state index in [0.717, 1.165) is 34.4 Å². The van der Waals surface area contributed by atoms with Crippen molar-refractivity contribution in [3.8, 4) is 28.5 Å². The van der Waals surface area contributed by atoms with E-state index in [1.165, 1.54) is 33.5 Å². The Labute approximate surface area is 183 Å². The molecule has 0 atom stereocenters. The Bertz CT molecular complexity index is 1090. The number of nitrogens with one attached hydrogen (secondary N) is 1. The normalized spacial score (nSPS) is 12.4. The number of methoxy groups -OCH3 is 3. The molecular formula is C22H22FN3O4S. The summed E-state index contributed by atoms with van der Waals surface area (Å²) in [4.78, 5) is 17.6. The number of aromatic nitrogens is 2. The van der Waals surface area contributed by atoms with Gasteiger partial charge in [-0.3, -0.25) is 4.79 Å². The Morgan fingerprint density at radius 2 is 1.81 bits per heavy atom. The fourth-order valence-electron chi connectivity index (χ4n) is 3.53. The van der Waals surface area contributed by atoms with Crippen LogP contribution in [0.5, 0.6) is 17.2 Å². The highest BCUT2D eigenvalue weighted by Gasteiger charge is 2.24. The lowest BCUT2D eigenvalue weighted by molar-refractivity contribution is 0.0949. The van der Waals surface area contributed by atoms with Crippen LogP contribution in [0.3, 0.4) is 0 Å². The van der Waals surface area contributed by atoms with Crippen molar-refractivity contribution in [2.45, 2.75) is 18.2 Å². The third-order valence-corrected chi connectivity index (χ3v) is 6.00. The fourth-order valence-corrected chi connectivity index (χ4v) is 4.50. The van der Waals surface area contributed by atoms with Gasteiger partial charge in [-0.1, -0.05) is 11.8 Å². The molecule has 4 rings (SSSR count). The van der Waals surface area contributed by atoms with Crippen molar-refractivity contribution in [1.82, 2.24) is 14.9 Å². The number of hydrogen-bond acceptors (Lipinski definition) is 6. The Morgan fingerprint density at radius 3 is 2.42 bits per heavy atom. The first-order valence-corrected chi connectivity index (χ1v) is 10.6. The third kappa shape index (κ3) is 4.05. The number of hydrogen-bond donors (Lipinski definition) is 1. The van der Waals surface area contributed by atoms with Gasteiger partial charge < -0.3 is 24.1 Å². The minimum atomic E-state index is -0.304. The van der Waals surface area contributed by atoms with Gasteiger partial charge in [0.25, 0.3) is 5.91 Å². The van der Waals surface area contributed by atoms with Crippen molar-refractivity contribution >= 4 is 17.7 Å². The van der Waals surface area contributed by atoms with Gasteiger partial charge in [-0.05, 0) is 36.4 Å². The van der Waals surface area contributed by atoms with Gasteiger partial charge in [-0.15, -0.1) is 0 Å². The molecule has 2 heterocycles. The molecule has 0 radical (unpaired) electrons. The molecule has 7 nitrogen and oxygen atoms in total. The standard InChI is InChI=1S/C22H22FN3O4S/c1-28-17-10-14(11-18(29-2)20(17)30-3)21(27)24-12-16-19(13-4-6-15(23)7-5-13)25-22-26(16)8-9-31-22/h4-7,10-11H,8-9,12H2,1-3H3,(H,24,27). The number of fused-ring (bicyclic) bond motifs is 1. The summed E-state index contributed by atoms with van der Waals surface area (Å²) >= 11 is 1.66. The molecule has 1 amide bonds. The van der Waals surface area contributed by atoms with Crippen LogP contribution in [0.15, 0.2) is 41.6 Å². The molecule has 0 aliphatic carbocycles. The van der Waals surface area contributed by atoms with E-state index in [0.29, 0.717) is 22.8 Å². The highest BCUT2D eigenvalue weighted by Crippen LogP contribution is 2.38. The predicted octanol–water partition coefficient (Wildman–Crippen LogP) is 3.75. The number of halogens is 1. The summed E-state index contributed by atoms with van der Waals surface area (Å²) in [5.74, 6) is 1.57. The average Bonchev–Trinajstić information content (AvgIpc) is 3.38. The molecule has 0 saturated heterocycles. The summed E-state index contributed by atoms with van der Waals surface area (Å²) in [5.41, 5.74) is 2.81. The lowest BCUT2D eigenvalue weighted by Crippen LogP contribution is -2.24. The zero-order valence-corrected chi connectivity index (χ0v) is 18.2. The summed E-state index contributed by atoms with van der Waals surface area (Å²) in [6, 6.07) is 9.42. The second-order valence-corrected chi connectivity index (χ2v) is 7.86. The van der Waals surface area contributed by atoms with Crippen LogP contribution in [-0.4, -0.2) is 42.5 Å². The molecule has 2 aromatic carbocycles. The van der Waals surface area contributed by atoms with Crippen LogP contribution in [0.4, 0.5) is 4.39 Å². The summed E-state index contributed by atoms with van der Waals surface area (Å²) < 4.78 is 31.4. The molecule has 0 saturated carbocycles. The maximum absolute atomic E-state index is 13.4. The lowest BCUT2D eigenvalue weighted by atomic mass is 10.1. The van der Waals surface area contributed by atoms with E-state index in [4.69, 9.17) is 19.2 Å². The van der Waals surface area contributed by atoms with E-state index >= 15 is 0 Å². The van der Waals surface area contributed by atoms with E-state index < -0.39 is 0 Å². The van der Waals surface area contributed by atoms with Gasteiger partial charge in [0.15, 0.2) is 16.7 Å². The summed E-state index contributed by atoms with van der Waals surface area (Å²) in [5, 5.41) is 3.86. The summed E-state index contributed by atoms with van der Waals surface area (Å²) in [6.07, 6.45) is 0. The van der Waals surface area contributed by atoms with Gasteiger partial charge in [0, 0.05) is 23.4 Å². The zero-order valence-electron chi connectivity index (χ0n) is 17.4. The number of ether oxygens (including phenoxy) is 3. The van der Waals surface area contributed by atoms with Gasteiger partial charge >= 0.3 is 0 Å². The summed E-state index contributed by atoms with van der Waals surface area (Å²) in [6.45, 7) is 1.08. The van der Waals surface area contributed by atoms with Gasteiger partial charge in [0.05, 0.1) is 39.3 Å². The Balaban J connectivity index is 1.61. The smallest absolute Gasteiger partial charge is 0.251 e. The number of amides is 1. The van der Waals surface area contributed by atoms with E-state index in [2.05, 4.69) is 9.88 Å². The monoisotopic (exact) mass is 443 g/mol. The maximum atomic E-state index is 13.4. The van der Waals surface area contributed by atoms with Crippen LogP contribution in [-0.2, 0) is 13.1 Å². The van der Waals surface area contributed by atoms with Gasteiger partial charge in [0.1, 0.15) is 5.82 Å². The number of imidazole rings is 1. The van der Waals surface area contributed by atoms with Crippen LogP contribution >= 0.6 is 11.8 Å². The molecule has 9 heteroatoms. The average molecular weight is 444 g/mol. The number of carbonyl (C=O) groups excluding carboxylic acids is 1. The molecule has 1 aliphatic heterocycles. The molecule has 0 fully saturated rings. The van der Waals surface area contributed by atoms with Crippen LogP contribution in [0.2, 0.25) is 0 Å². The second kappa shape index (κ2) is 8.89. The first kappa shape index (κ1) is 21.0. The van der Waals surface area contributed by atoms with Crippen molar-refractivity contribution in [3.63, 3.8) is 0 Å². The van der Waals surface area contributed by atoms with Crippen LogP contribution in [0, 0.1) is 5.82 Å². The highest BCUT2D eigenvalue weighted by atomic mass is 32.2. The molecule has 0 bridgehead atoms. The van der Waals surface area contributed by atoms with Crippen LogP contribution in [0.25, 0.3) is 11.3 Å². The largest absolute Gasteiger partial charge is 0.493 e. The zero-order chi connectivity index (χ0) is 22.0. The number of carbonyl (C=O) groups is 1. The molecule has 1 aromatic heterocycles. The van der Waals surface area contributed by atoms with E-state index in [1.54, 1.807) is 36.0 Å². The van der Waals surface area contributed by atoms with Gasteiger partial charge in [-0.2, -0.15) is 0 Å². The molecule has 1 aliphatic rings. The van der Waals surface area contributed by atoms with E-state index in [1.807, 2.05) is 0 Å². The minimum absolute atomic E-state index is 0.274. The van der Waals surface area contributed by atoms with Crippen LogP contribution in [0.1, 0.15) is 16.1 Å². The molecular weight excluding hydrogens is 421 g/mol. The number of benzene rings is 2. The molecule has 0 spiro atoms. The minimum Gasteiger partial charge on any atom is -0.493 e. The van der Waals surface area contributed by atoms with Crippen molar-refractivity contribution in [2.24, 2.45) is 0 Å². The Kier molecular flexibility index (Phi) is 6.03. The van der Waals surface area contributed by atoms with Gasteiger partial charge in [-0.25, -0.2) is 9.37 Å². The molecule has 31 heavy (non-hydrogen) atoms. The third-order valence-electron chi connectivity index (χ3n) is 5.04. The number of rotatable bonds is 7. The topological polar surface area (TPSA) is 74.6 Å². The quantitative estimate of drug-likeness (QED) is 0.600. The highest BCUT2D eigenvalue weighted by molar-refractivity contribution is 7.99. The van der Waals surface area contributed by atoms with E-state index in [9.17, 15) is 9.18 Å². The first-order chi connectivity index (χ1) is 15.0. The molecule has 0 unspecified atom stereocenters. The van der Waals surface area contributed by atoms with Gasteiger partial charge in [0.2, 0.25) is 5.75 Å². The maximum Gasteiger partial charge on any atom is 0.251 e. The van der Waals surface area contributed by atoms with E-state index in [-0.39, 0.29) is 18.3 Å². The fraction of sp³-hybridized carbons (Fsp3) is 0.273.